The van der Waals surface area contributed by atoms with Crippen molar-refractivity contribution in [3.05, 3.63) is 34.1 Å². The third-order valence-electron chi connectivity index (χ3n) is 3.29. The maximum Gasteiger partial charge on any atom is 0.311 e. The fourth-order valence-electron chi connectivity index (χ4n) is 1.80. The molecular weight excluding hydrogens is 317 g/mol. The second-order valence-corrected chi connectivity index (χ2v) is 5.63. The van der Waals surface area contributed by atoms with Crippen LogP contribution in [0.25, 0.3) is 0 Å². The highest BCUT2D eigenvalue weighted by atomic mass is 79.9. The highest BCUT2D eigenvalue weighted by Crippen LogP contribution is 2.45. The molecule has 19 heavy (non-hydrogen) atoms. The Morgan fingerprint density at radius 2 is 2.11 bits per heavy atom. The van der Waals surface area contributed by atoms with E-state index in [1.807, 2.05) is 0 Å². The molecule has 0 aliphatic heterocycles. The molecule has 0 radical (unpaired) electrons. The quantitative estimate of drug-likeness (QED) is 0.869. The van der Waals surface area contributed by atoms with Gasteiger partial charge >= 0.3 is 5.97 Å². The van der Waals surface area contributed by atoms with Gasteiger partial charge in [0.25, 0.3) is 0 Å². The number of hydrogen-bond donors (Lipinski definition) is 2. The van der Waals surface area contributed by atoms with Crippen molar-refractivity contribution in [2.45, 2.75) is 19.3 Å². The maximum absolute atomic E-state index is 13.1. The van der Waals surface area contributed by atoms with Gasteiger partial charge in [-0.05, 0) is 36.6 Å². The zero-order valence-electron chi connectivity index (χ0n) is 10.1. The molecule has 0 unspecified atom stereocenters. The van der Waals surface area contributed by atoms with Crippen LogP contribution in [0.4, 0.5) is 4.39 Å². The molecule has 1 aromatic rings. The van der Waals surface area contributed by atoms with Crippen molar-refractivity contribution < 1.29 is 19.1 Å². The van der Waals surface area contributed by atoms with Crippen molar-refractivity contribution in [3.8, 4) is 0 Å². The normalized spacial score (nSPS) is 15.9. The molecule has 102 valence electrons. The summed E-state index contributed by atoms with van der Waals surface area (Å²) in [4.78, 5) is 22.7. The molecular formula is C13H13BrFNO3. The van der Waals surface area contributed by atoms with Crippen molar-refractivity contribution in [1.82, 2.24) is 5.32 Å². The second-order valence-electron chi connectivity index (χ2n) is 4.77. The first-order chi connectivity index (χ1) is 8.93. The van der Waals surface area contributed by atoms with Crippen LogP contribution in [0.15, 0.2) is 22.7 Å². The molecule has 0 atom stereocenters. The number of carboxylic acids is 1. The summed E-state index contributed by atoms with van der Waals surface area (Å²) in [5.41, 5.74) is -0.243. The van der Waals surface area contributed by atoms with Gasteiger partial charge in [-0.2, -0.15) is 0 Å². The van der Waals surface area contributed by atoms with E-state index in [0.29, 0.717) is 22.9 Å². The van der Waals surface area contributed by atoms with Crippen LogP contribution < -0.4 is 5.32 Å². The van der Waals surface area contributed by atoms with Crippen LogP contribution >= 0.6 is 15.9 Å². The number of nitrogens with one attached hydrogen (secondary N) is 1. The van der Waals surface area contributed by atoms with Gasteiger partial charge in [0.1, 0.15) is 5.82 Å². The van der Waals surface area contributed by atoms with Gasteiger partial charge in [0.15, 0.2) is 0 Å². The summed E-state index contributed by atoms with van der Waals surface area (Å²) in [6, 6.07) is 4.13. The van der Waals surface area contributed by atoms with Crippen molar-refractivity contribution >= 4 is 27.8 Å². The number of hydrogen-bond acceptors (Lipinski definition) is 2. The number of carbonyl (C=O) groups excluding carboxylic acids is 1. The number of aliphatic carboxylic acids is 1. The molecule has 4 nitrogen and oxygen atoms in total. The van der Waals surface area contributed by atoms with Crippen molar-refractivity contribution in [1.29, 1.82) is 0 Å². The minimum Gasteiger partial charge on any atom is -0.481 e. The Kier molecular flexibility index (Phi) is 3.89. The van der Waals surface area contributed by atoms with Gasteiger partial charge in [-0.15, -0.1) is 0 Å². The van der Waals surface area contributed by atoms with Gasteiger partial charge in [0.05, 0.1) is 11.8 Å². The molecule has 2 N–H and O–H groups in total. The topological polar surface area (TPSA) is 66.4 Å². The summed E-state index contributed by atoms with van der Waals surface area (Å²) < 4.78 is 13.7. The lowest BCUT2D eigenvalue weighted by Gasteiger charge is -2.11. The molecule has 0 heterocycles. The molecule has 1 aliphatic carbocycles. The van der Waals surface area contributed by atoms with E-state index in [1.54, 1.807) is 0 Å². The number of carboxylic acid groups (broad SMARTS) is 1. The van der Waals surface area contributed by atoms with Gasteiger partial charge < -0.3 is 10.4 Å². The monoisotopic (exact) mass is 329 g/mol. The van der Waals surface area contributed by atoms with Gasteiger partial charge in [0.2, 0.25) is 5.91 Å². The number of benzene rings is 1. The zero-order valence-corrected chi connectivity index (χ0v) is 11.7. The Morgan fingerprint density at radius 3 is 2.68 bits per heavy atom. The molecule has 1 aliphatic rings. The Hall–Kier alpha value is -1.43. The van der Waals surface area contributed by atoms with E-state index in [0.717, 1.165) is 0 Å². The maximum atomic E-state index is 13.1. The fourth-order valence-corrected chi connectivity index (χ4v) is 2.19. The minimum atomic E-state index is -0.875. The number of halogens is 2. The lowest BCUT2D eigenvalue weighted by atomic mass is 10.1. The standard InChI is InChI=1S/C13H13BrFNO3/c14-10-2-1-9(15)5-8(10)6-11(17)16-7-13(3-4-13)12(18)19/h1-2,5H,3-4,6-7H2,(H,16,17)(H,18,19). The predicted molar refractivity (Wildman–Crippen MR) is 70.1 cm³/mol. The summed E-state index contributed by atoms with van der Waals surface area (Å²) in [5.74, 6) is -1.59. The molecule has 6 heteroatoms. The largest absolute Gasteiger partial charge is 0.481 e. The van der Waals surface area contributed by atoms with Crippen LogP contribution in [0.5, 0.6) is 0 Å². The smallest absolute Gasteiger partial charge is 0.311 e. The average Bonchev–Trinajstić information content (AvgIpc) is 3.12. The van der Waals surface area contributed by atoms with Gasteiger partial charge in [-0.1, -0.05) is 15.9 Å². The van der Waals surface area contributed by atoms with Crippen LogP contribution in [0.1, 0.15) is 18.4 Å². The Balaban J connectivity index is 1.91. The molecule has 2 rings (SSSR count). The first-order valence-corrected chi connectivity index (χ1v) is 6.66. The predicted octanol–water partition coefficient (Wildman–Crippen LogP) is 2.11. The van der Waals surface area contributed by atoms with Gasteiger partial charge in [-0.25, -0.2) is 4.39 Å². The lowest BCUT2D eigenvalue weighted by molar-refractivity contribution is -0.143. The number of rotatable bonds is 5. The van der Waals surface area contributed by atoms with Crippen molar-refractivity contribution in [3.63, 3.8) is 0 Å². The molecule has 0 saturated heterocycles. The van der Waals surface area contributed by atoms with E-state index in [4.69, 9.17) is 5.11 Å². The number of amides is 1. The van der Waals surface area contributed by atoms with Gasteiger partial charge in [-0.3, -0.25) is 9.59 Å². The van der Waals surface area contributed by atoms with E-state index in [1.165, 1.54) is 18.2 Å². The third kappa shape index (κ3) is 3.32. The van der Waals surface area contributed by atoms with Crippen LogP contribution in [-0.2, 0) is 16.0 Å². The Labute approximate surface area is 118 Å². The summed E-state index contributed by atoms with van der Waals surface area (Å²) in [6.07, 6.45) is 1.20. The second kappa shape index (κ2) is 5.28. The molecule has 1 saturated carbocycles. The SMILES string of the molecule is O=C(Cc1cc(F)ccc1Br)NCC1(C(=O)O)CC1. The van der Waals surface area contributed by atoms with E-state index in [-0.39, 0.29) is 18.9 Å². The van der Waals surface area contributed by atoms with E-state index in [2.05, 4.69) is 21.2 Å². The minimum absolute atomic E-state index is 0.0219. The Morgan fingerprint density at radius 1 is 1.42 bits per heavy atom. The molecule has 0 spiro atoms. The van der Waals surface area contributed by atoms with Gasteiger partial charge in [0, 0.05) is 11.0 Å². The van der Waals surface area contributed by atoms with Crippen LogP contribution in [0.2, 0.25) is 0 Å². The van der Waals surface area contributed by atoms with E-state index >= 15 is 0 Å². The fraction of sp³-hybridized carbons (Fsp3) is 0.385. The van der Waals surface area contributed by atoms with Crippen LogP contribution in [-0.4, -0.2) is 23.5 Å². The third-order valence-corrected chi connectivity index (χ3v) is 4.06. The molecule has 1 amide bonds. The molecule has 1 aromatic carbocycles. The molecule has 1 fully saturated rings. The zero-order chi connectivity index (χ0) is 14.0. The summed E-state index contributed by atoms with van der Waals surface area (Å²) in [5, 5.41) is 11.6. The van der Waals surface area contributed by atoms with Crippen LogP contribution in [0, 0.1) is 11.2 Å². The Bertz CT molecular complexity index is 529. The molecule has 0 aromatic heterocycles. The summed E-state index contributed by atoms with van der Waals surface area (Å²) in [7, 11) is 0. The average molecular weight is 330 g/mol. The summed E-state index contributed by atoms with van der Waals surface area (Å²) in [6.45, 7) is 0.133. The summed E-state index contributed by atoms with van der Waals surface area (Å²) >= 11 is 3.24. The highest BCUT2D eigenvalue weighted by Gasteiger charge is 2.50. The lowest BCUT2D eigenvalue weighted by Crippen LogP contribution is -2.35. The van der Waals surface area contributed by atoms with E-state index < -0.39 is 17.2 Å². The first kappa shape index (κ1) is 14.0. The van der Waals surface area contributed by atoms with Crippen LogP contribution in [0.3, 0.4) is 0 Å². The molecule has 0 bridgehead atoms. The number of carbonyl (C=O) groups is 2. The van der Waals surface area contributed by atoms with E-state index in [9.17, 15) is 14.0 Å². The van der Waals surface area contributed by atoms with Crippen molar-refractivity contribution in [2.75, 3.05) is 6.54 Å². The highest BCUT2D eigenvalue weighted by molar-refractivity contribution is 9.10. The van der Waals surface area contributed by atoms with Crippen molar-refractivity contribution in [2.24, 2.45) is 5.41 Å². The first-order valence-electron chi connectivity index (χ1n) is 5.87.